The number of aliphatic hydroxyl groups is 1. The highest BCUT2D eigenvalue weighted by Crippen LogP contribution is 2.17. The molecule has 1 unspecified atom stereocenters. The van der Waals surface area contributed by atoms with E-state index >= 15 is 0 Å². The summed E-state index contributed by atoms with van der Waals surface area (Å²) in [6.45, 7) is 1.50. The van der Waals surface area contributed by atoms with Gasteiger partial charge in [0, 0.05) is 13.2 Å². The number of aliphatic hydroxyl groups excluding tert-OH is 1. The second-order valence-corrected chi connectivity index (χ2v) is 5.60. The van der Waals surface area contributed by atoms with E-state index in [2.05, 4.69) is 4.72 Å². The van der Waals surface area contributed by atoms with Crippen LogP contribution < -0.4 is 4.72 Å². The van der Waals surface area contributed by atoms with Gasteiger partial charge in [-0.2, -0.15) is 5.26 Å². The molecule has 0 fully saturated rings. The van der Waals surface area contributed by atoms with Gasteiger partial charge in [-0.1, -0.05) is 13.0 Å². The van der Waals surface area contributed by atoms with Gasteiger partial charge in [0.2, 0.25) is 10.0 Å². The van der Waals surface area contributed by atoms with Crippen molar-refractivity contribution in [2.75, 3.05) is 13.2 Å². The van der Waals surface area contributed by atoms with E-state index < -0.39 is 26.3 Å². The van der Waals surface area contributed by atoms with Crippen molar-refractivity contribution in [3.63, 3.8) is 0 Å². The Balaban J connectivity index is 3.07. The molecule has 0 saturated heterocycles. The Kier molecular flexibility index (Phi) is 4.78. The lowest BCUT2D eigenvalue weighted by Gasteiger charge is -2.11. The van der Waals surface area contributed by atoms with Gasteiger partial charge in [0.05, 0.1) is 0 Å². The molecule has 1 atom stereocenters. The van der Waals surface area contributed by atoms with Crippen LogP contribution in [-0.2, 0) is 10.0 Å². The number of rotatable bonds is 5. The second kappa shape index (κ2) is 5.91. The topological polar surface area (TPSA) is 90.2 Å². The summed E-state index contributed by atoms with van der Waals surface area (Å²) in [5, 5.41) is 17.6. The molecule has 1 aromatic rings. The third-order valence-corrected chi connectivity index (χ3v) is 3.78. The number of hydrogen-bond donors (Lipinski definition) is 2. The van der Waals surface area contributed by atoms with E-state index in [1.54, 1.807) is 6.92 Å². The van der Waals surface area contributed by atoms with Crippen LogP contribution in [0.4, 0.5) is 4.39 Å². The Bertz CT molecular complexity index is 566. The van der Waals surface area contributed by atoms with Crippen molar-refractivity contribution in [2.24, 2.45) is 5.92 Å². The summed E-state index contributed by atoms with van der Waals surface area (Å²) in [6, 6.07) is 4.93. The molecule has 0 spiro atoms. The van der Waals surface area contributed by atoms with Crippen LogP contribution in [0.1, 0.15) is 12.5 Å². The number of halogens is 1. The Labute approximate surface area is 105 Å². The molecule has 0 saturated carbocycles. The minimum atomic E-state index is -3.95. The minimum absolute atomic E-state index is 0.0141. The molecule has 1 rings (SSSR count). The zero-order valence-electron chi connectivity index (χ0n) is 9.72. The first-order chi connectivity index (χ1) is 8.42. The first-order valence-corrected chi connectivity index (χ1v) is 6.69. The highest BCUT2D eigenvalue weighted by atomic mass is 32.2. The van der Waals surface area contributed by atoms with Crippen LogP contribution in [0.15, 0.2) is 23.1 Å². The average Bonchev–Trinajstić information content (AvgIpc) is 2.35. The van der Waals surface area contributed by atoms with Gasteiger partial charge in [0.25, 0.3) is 0 Å². The van der Waals surface area contributed by atoms with Gasteiger partial charge in [-0.15, -0.1) is 0 Å². The van der Waals surface area contributed by atoms with Crippen LogP contribution in [0.3, 0.4) is 0 Å². The third kappa shape index (κ3) is 3.26. The first kappa shape index (κ1) is 14.6. The number of nitrogens with one attached hydrogen (secondary N) is 1. The van der Waals surface area contributed by atoms with Crippen LogP contribution in [0.2, 0.25) is 0 Å². The number of sulfonamides is 1. The van der Waals surface area contributed by atoms with Gasteiger partial charge in [0.1, 0.15) is 22.3 Å². The molecule has 0 radical (unpaired) electrons. The maximum atomic E-state index is 13.3. The molecule has 0 aliphatic rings. The van der Waals surface area contributed by atoms with Crippen molar-refractivity contribution >= 4 is 10.0 Å². The van der Waals surface area contributed by atoms with Gasteiger partial charge in [-0.05, 0) is 18.1 Å². The zero-order valence-corrected chi connectivity index (χ0v) is 10.5. The molecule has 0 aromatic heterocycles. The lowest BCUT2D eigenvalue weighted by Crippen LogP contribution is -2.30. The standard InChI is InChI=1S/C11H13FN2O3S/c1-8(7-15)6-14-18(16,17)11-4-2-3-10(12)9(11)5-13/h2-4,8,14-15H,6-7H2,1H3. The van der Waals surface area contributed by atoms with Gasteiger partial charge in [0.15, 0.2) is 0 Å². The molecule has 7 heteroatoms. The Hall–Kier alpha value is -1.49. The molecule has 18 heavy (non-hydrogen) atoms. The number of nitriles is 1. The van der Waals surface area contributed by atoms with Gasteiger partial charge < -0.3 is 5.11 Å². The maximum Gasteiger partial charge on any atom is 0.242 e. The van der Waals surface area contributed by atoms with Crippen molar-refractivity contribution in [1.82, 2.24) is 4.72 Å². The maximum absolute atomic E-state index is 13.3. The Morgan fingerprint density at radius 1 is 1.56 bits per heavy atom. The van der Waals surface area contributed by atoms with Crippen molar-refractivity contribution in [1.29, 1.82) is 5.26 Å². The van der Waals surface area contributed by atoms with E-state index in [0.29, 0.717) is 0 Å². The quantitative estimate of drug-likeness (QED) is 0.821. The third-order valence-electron chi connectivity index (χ3n) is 2.31. The molecular formula is C11H13FN2O3S. The molecule has 98 valence electrons. The molecule has 5 nitrogen and oxygen atoms in total. The molecule has 2 N–H and O–H groups in total. The summed E-state index contributed by atoms with van der Waals surface area (Å²) in [5.74, 6) is -1.14. The minimum Gasteiger partial charge on any atom is -0.396 e. The van der Waals surface area contributed by atoms with E-state index in [-0.39, 0.29) is 19.1 Å². The summed E-state index contributed by atoms with van der Waals surface area (Å²) in [4.78, 5) is -0.393. The molecule has 1 aromatic carbocycles. The van der Waals surface area contributed by atoms with Gasteiger partial charge in [-0.3, -0.25) is 0 Å². The highest BCUT2D eigenvalue weighted by Gasteiger charge is 2.21. The lowest BCUT2D eigenvalue weighted by molar-refractivity contribution is 0.238. The van der Waals surface area contributed by atoms with Gasteiger partial charge >= 0.3 is 0 Å². The summed E-state index contributed by atoms with van der Waals surface area (Å²) in [6.07, 6.45) is 0. The lowest BCUT2D eigenvalue weighted by atomic mass is 10.2. The highest BCUT2D eigenvalue weighted by molar-refractivity contribution is 7.89. The monoisotopic (exact) mass is 272 g/mol. The zero-order chi connectivity index (χ0) is 13.8. The fourth-order valence-electron chi connectivity index (χ4n) is 1.23. The average molecular weight is 272 g/mol. The number of benzene rings is 1. The normalized spacial score (nSPS) is 13.0. The fraction of sp³-hybridized carbons (Fsp3) is 0.364. The number of nitrogens with zero attached hydrogens (tertiary/aromatic N) is 1. The van der Waals surface area contributed by atoms with Gasteiger partial charge in [-0.25, -0.2) is 17.5 Å². The SMILES string of the molecule is CC(CO)CNS(=O)(=O)c1cccc(F)c1C#N. The molecular weight excluding hydrogens is 259 g/mol. The fourth-order valence-corrected chi connectivity index (χ4v) is 2.56. The van der Waals surface area contributed by atoms with Crippen molar-refractivity contribution in [2.45, 2.75) is 11.8 Å². The Morgan fingerprint density at radius 2 is 2.22 bits per heavy atom. The van der Waals surface area contributed by atoms with Crippen LogP contribution in [-0.4, -0.2) is 26.7 Å². The molecule has 0 heterocycles. The number of hydrogen-bond acceptors (Lipinski definition) is 4. The van der Waals surface area contributed by atoms with Crippen LogP contribution in [0.25, 0.3) is 0 Å². The molecule has 0 aliphatic heterocycles. The van der Waals surface area contributed by atoms with E-state index in [1.165, 1.54) is 12.1 Å². The van der Waals surface area contributed by atoms with E-state index in [0.717, 1.165) is 12.1 Å². The Morgan fingerprint density at radius 3 is 2.78 bits per heavy atom. The smallest absolute Gasteiger partial charge is 0.242 e. The summed E-state index contributed by atoms with van der Waals surface area (Å²) in [5.41, 5.74) is -0.512. The molecule has 0 bridgehead atoms. The van der Waals surface area contributed by atoms with E-state index in [9.17, 15) is 12.8 Å². The van der Waals surface area contributed by atoms with Crippen LogP contribution in [0, 0.1) is 23.1 Å². The largest absolute Gasteiger partial charge is 0.396 e. The molecule has 0 aliphatic carbocycles. The first-order valence-electron chi connectivity index (χ1n) is 5.21. The van der Waals surface area contributed by atoms with E-state index in [1.807, 2.05) is 0 Å². The molecule has 0 amide bonds. The summed E-state index contributed by atoms with van der Waals surface area (Å²) >= 11 is 0. The van der Waals surface area contributed by atoms with Crippen LogP contribution in [0.5, 0.6) is 0 Å². The predicted molar refractivity (Wildman–Crippen MR) is 62.6 cm³/mol. The summed E-state index contributed by atoms with van der Waals surface area (Å²) < 4.78 is 39.3. The summed E-state index contributed by atoms with van der Waals surface area (Å²) in [7, 11) is -3.95. The van der Waals surface area contributed by atoms with Crippen LogP contribution >= 0.6 is 0 Å². The predicted octanol–water partition coefficient (Wildman–Crippen LogP) is 0.604. The van der Waals surface area contributed by atoms with Crippen molar-refractivity contribution in [3.05, 3.63) is 29.6 Å². The van der Waals surface area contributed by atoms with Crippen molar-refractivity contribution < 1.29 is 17.9 Å². The van der Waals surface area contributed by atoms with E-state index in [4.69, 9.17) is 10.4 Å². The van der Waals surface area contributed by atoms with Crippen molar-refractivity contribution in [3.8, 4) is 6.07 Å². The second-order valence-electron chi connectivity index (χ2n) is 3.86.